The minimum absolute atomic E-state index is 0. The molecule has 0 heterocycles. The highest BCUT2D eigenvalue weighted by Gasteiger charge is 1.90. The van der Waals surface area contributed by atoms with Gasteiger partial charge in [0.1, 0.15) is 0 Å². The van der Waals surface area contributed by atoms with Crippen LogP contribution in [-0.4, -0.2) is 0 Å². The Labute approximate surface area is 97.0 Å². The van der Waals surface area contributed by atoms with Gasteiger partial charge in [0.25, 0.3) is 0 Å². The summed E-state index contributed by atoms with van der Waals surface area (Å²) in [6, 6.07) is 0. The molecule has 0 saturated carbocycles. The molecule has 2 heteroatoms. The van der Waals surface area contributed by atoms with Gasteiger partial charge in [-0.05, 0) is 0 Å². The Morgan fingerprint density at radius 1 is 0.714 bits per heavy atom. The van der Waals surface area contributed by atoms with Gasteiger partial charge in [0.2, 0.25) is 0 Å². The van der Waals surface area contributed by atoms with E-state index in [2.05, 4.69) is 13.8 Å². The molecule has 0 saturated heterocycles. The molecule has 0 spiro atoms. The number of hydrogen-bond acceptors (Lipinski definition) is 1. The summed E-state index contributed by atoms with van der Waals surface area (Å²) in [5.74, 6) is 0. The molecule has 0 aromatic carbocycles. The van der Waals surface area contributed by atoms with Gasteiger partial charge in [0, 0.05) is 0 Å². The first-order valence-electron chi connectivity index (χ1n) is 5.71. The van der Waals surface area contributed by atoms with Crippen molar-refractivity contribution < 1.29 is 0 Å². The highest BCUT2D eigenvalue weighted by atomic mass is 35.5. The molecule has 0 rings (SSSR count). The van der Waals surface area contributed by atoms with Crippen molar-refractivity contribution in [3.05, 3.63) is 6.92 Å². The lowest BCUT2D eigenvalue weighted by Gasteiger charge is -1.99. The molecule has 0 aliphatic rings. The Kier molecular flexibility index (Phi) is 26.7. The summed E-state index contributed by atoms with van der Waals surface area (Å²) in [4.78, 5) is 0. The van der Waals surface area contributed by atoms with E-state index in [4.69, 9.17) is 0 Å². The summed E-state index contributed by atoms with van der Waals surface area (Å²) >= 11 is 0. The summed E-state index contributed by atoms with van der Waals surface area (Å²) < 4.78 is 0. The Morgan fingerprint density at radius 2 is 1.07 bits per heavy atom. The van der Waals surface area contributed by atoms with E-state index < -0.39 is 0 Å². The van der Waals surface area contributed by atoms with Gasteiger partial charge in [0.15, 0.2) is 0 Å². The van der Waals surface area contributed by atoms with Crippen LogP contribution in [0.5, 0.6) is 0 Å². The maximum Gasteiger partial charge on any atom is -0.0533 e. The summed E-state index contributed by atoms with van der Waals surface area (Å²) in [6.45, 7) is 6.12. The summed E-state index contributed by atoms with van der Waals surface area (Å²) in [6.07, 6.45) is 13.9. The van der Waals surface area contributed by atoms with E-state index in [1.54, 1.807) is 0 Å². The minimum atomic E-state index is 0. The number of hydrogen-bond donors (Lipinski definition) is 1. The molecule has 14 heavy (non-hydrogen) atoms. The summed E-state index contributed by atoms with van der Waals surface area (Å²) in [5, 5.41) is 0. The van der Waals surface area contributed by atoms with Crippen molar-refractivity contribution in [2.45, 2.75) is 71.1 Å². The Morgan fingerprint density at radius 3 is 1.43 bits per heavy atom. The van der Waals surface area contributed by atoms with E-state index in [1.165, 1.54) is 57.8 Å². The van der Waals surface area contributed by atoms with Gasteiger partial charge >= 0.3 is 0 Å². The topological polar surface area (TPSA) is 35.0 Å². The SMILES string of the molecule is Cl.N.[CH2]CCCCCCCCCCC. The zero-order chi connectivity index (χ0) is 9.07. The van der Waals surface area contributed by atoms with Gasteiger partial charge in [-0.15, -0.1) is 12.4 Å². The fourth-order valence-corrected chi connectivity index (χ4v) is 1.49. The van der Waals surface area contributed by atoms with Crippen LogP contribution < -0.4 is 6.15 Å². The van der Waals surface area contributed by atoms with Crippen molar-refractivity contribution in [3.8, 4) is 0 Å². The second-order valence-corrected chi connectivity index (χ2v) is 3.68. The standard InChI is InChI=1S/C12H25.ClH.H3N/c1-3-5-7-9-11-12-10-8-6-4-2;;/h1,3-12H2,2H3;1H;1H3. The van der Waals surface area contributed by atoms with Crippen molar-refractivity contribution in [2.24, 2.45) is 0 Å². The van der Waals surface area contributed by atoms with Gasteiger partial charge in [-0.1, -0.05) is 78.1 Å². The Hall–Kier alpha value is 0.250. The second kappa shape index (κ2) is 18.9. The van der Waals surface area contributed by atoms with E-state index in [1.807, 2.05) is 0 Å². The van der Waals surface area contributed by atoms with Crippen LogP contribution in [0.1, 0.15) is 71.1 Å². The first-order chi connectivity index (χ1) is 5.91. The van der Waals surface area contributed by atoms with Gasteiger partial charge in [-0.2, -0.15) is 0 Å². The van der Waals surface area contributed by atoms with Crippen molar-refractivity contribution in [1.29, 1.82) is 0 Å². The Bertz CT molecular complexity index is 66.7. The van der Waals surface area contributed by atoms with Crippen molar-refractivity contribution in [1.82, 2.24) is 6.15 Å². The molecular weight excluding hydrogens is 194 g/mol. The number of rotatable bonds is 9. The molecular formula is C12H29ClN. The first kappa shape index (κ1) is 19.8. The molecule has 0 aromatic rings. The van der Waals surface area contributed by atoms with E-state index in [0.717, 1.165) is 6.42 Å². The molecule has 0 aliphatic carbocycles. The third-order valence-corrected chi connectivity index (χ3v) is 2.35. The normalized spacial score (nSPS) is 9.00. The molecule has 3 N–H and O–H groups in total. The van der Waals surface area contributed by atoms with E-state index in [-0.39, 0.29) is 18.6 Å². The van der Waals surface area contributed by atoms with E-state index in [0.29, 0.717) is 0 Å². The quantitative estimate of drug-likeness (QED) is 0.526. The average Bonchev–Trinajstić information content (AvgIpc) is 2.10. The molecule has 0 unspecified atom stereocenters. The maximum absolute atomic E-state index is 3.84. The van der Waals surface area contributed by atoms with Gasteiger partial charge < -0.3 is 6.15 Å². The molecule has 0 aromatic heterocycles. The number of unbranched alkanes of at least 4 members (excludes halogenated alkanes) is 9. The Balaban J connectivity index is -0.000000605. The minimum Gasteiger partial charge on any atom is -0.344 e. The van der Waals surface area contributed by atoms with Crippen molar-refractivity contribution >= 4 is 12.4 Å². The molecule has 0 fully saturated rings. The molecule has 0 bridgehead atoms. The largest absolute Gasteiger partial charge is 0.344 e. The highest BCUT2D eigenvalue weighted by molar-refractivity contribution is 5.85. The van der Waals surface area contributed by atoms with Crippen LogP contribution in [0.15, 0.2) is 0 Å². The van der Waals surface area contributed by atoms with Crippen LogP contribution >= 0.6 is 12.4 Å². The van der Waals surface area contributed by atoms with Crippen LogP contribution in [0.3, 0.4) is 0 Å². The monoisotopic (exact) mass is 222 g/mol. The fourth-order valence-electron chi connectivity index (χ4n) is 1.49. The van der Waals surface area contributed by atoms with Crippen LogP contribution in [-0.2, 0) is 0 Å². The lowest BCUT2D eigenvalue weighted by Crippen LogP contribution is -1.80. The van der Waals surface area contributed by atoms with Crippen LogP contribution in [0.4, 0.5) is 0 Å². The van der Waals surface area contributed by atoms with Crippen molar-refractivity contribution in [2.75, 3.05) is 0 Å². The summed E-state index contributed by atoms with van der Waals surface area (Å²) in [5.41, 5.74) is 0. The predicted molar refractivity (Wildman–Crippen MR) is 69.5 cm³/mol. The van der Waals surface area contributed by atoms with Gasteiger partial charge in [0.05, 0.1) is 0 Å². The molecule has 0 amide bonds. The van der Waals surface area contributed by atoms with Crippen LogP contribution in [0.2, 0.25) is 0 Å². The molecule has 0 atom stereocenters. The maximum atomic E-state index is 3.84. The van der Waals surface area contributed by atoms with Gasteiger partial charge in [-0.25, -0.2) is 0 Å². The molecule has 0 aliphatic heterocycles. The van der Waals surface area contributed by atoms with Crippen LogP contribution in [0.25, 0.3) is 0 Å². The highest BCUT2D eigenvalue weighted by Crippen LogP contribution is 2.09. The van der Waals surface area contributed by atoms with E-state index in [9.17, 15) is 0 Å². The third kappa shape index (κ3) is 18.1. The molecule has 89 valence electrons. The van der Waals surface area contributed by atoms with Crippen LogP contribution in [0, 0.1) is 6.92 Å². The zero-order valence-corrected chi connectivity index (χ0v) is 10.7. The molecule has 1 radical (unpaired) electrons. The zero-order valence-electron chi connectivity index (χ0n) is 9.89. The second-order valence-electron chi connectivity index (χ2n) is 3.68. The lowest BCUT2D eigenvalue weighted by atomic mass is 10.1. The third-order valence-electron chi connectivity index (χ3n) is 2.35. The molecule has 1 nitrogen and oxygen atoms in total. The fraction of sp³-hybridized carbons (Fsp3) is 0.917. The van der Waals surface area contributed by atoms with Gasteiger partial charge in [-0.3, -0.25) is 0 Å². The average molecular weight is 223 g/mol. The predicted octanol–water partition coefficient (Wildman–Crippen LogP) is 5.33. The number of halogens is 1. The smallest absolute Gasteiger partial charge is 0.0533 e. The summed E-state index contributed by atoms with van der Waals surface area (Å²) in [7, 11) is 0. The van der Waals surface area contributed by atoms with E-state index >= 15 is 0 Å². The van der Waals surface area contributed by atoms with Crippen molar-refractivity contribution in [3.63, 3.8) is 0 Å². The lowest BCUT2D eigenvalue weighted by molar-refractivity contribution is 0.566. The first-order valence-corrected chi connectivity index (χ1v) is 5.71.